The van der Waals surface area contributed by atoms with Crippen LogP contribution in [0.4, 0.5) is 0 Å². The summed E-state index contributed by atoms with van der Waals surface area (Å²) in [4.78, 5) is 0. The van der Waals surface area contributed by atoms with Crippen LogP contribution in [0, 0.1) is 0 Å². The number of para-hydroxylation sites is 3. The van der Waals surface area contributed by atoms with Crippen molar-refractivity contribution < 1.29 is 15.4 Å². The van der Waals surface area contributed by atoms with Gasteiger partial charge in [0, 0.05) is 27.2 Å². The number of nitrogens with zero attached hydrogens (tertiary/aromatic N) is 1. The summed E-state index contributed by atoms with van der Waals surface area (Å²) in [5.41, 5.74) is 6.35. The lowest BCUT2D eigenvalue weighted by Crippen LogP contribution is -1.93. The maximum Gasteiger partial charge on any atom is 0.136 e. The van der Waals surface area contributed by atoms with Gasteiger partial charge in [0.15, 0.2) is 0 Å². The van der Waals surface area contributed by atoms with Gasteiger partial charge in [-0.2, -0.15) is 0 Å². The number of hydrogen-bond acceptors (Lipinski definition) is 1. The van der Waals surface area contributed by atoms with Crippen molar-refractivity contribution in [2.45, 2.75) is 0 Å². The van der Waals surface area contributed by atoms with Crippen molar-refractivity contribution in [3.63, 3.8) is 0 Å². The molecule has 2 aromatic heterocycles. The van der Waals surface area contributed by atoms with Gasteiger partial charge in [-0.1, -0.05) is 96.9 Å². The molecule has 2 nitrogen and oxygen atoms in total. The number of furan rings is 1. The first-order valence-corrected chi connectivity index (χ1v) is 12.3. The fraction of sp³-hybridized carbons (Fsp3) is 0. The highest BCUT2D eigenvalue weighted by Crippen LogP contribution is 2.34. The first-order valence-electron chi connectivity index (χ1n) is 16.3. The van der Waals surface area contributed by atoms with E-state index < -0.39 is 24.2 Å². The summed E-state index contributed by atoms with van der Waals surface area (Å²) in [6, 6.07) is 26.6. The Bertz CT molecular complexity index is 2470. The monoisotopic (exact) mass is 493 g/mol. The van der Waals surface area contributed by atoms with Crippen LogP contribution in [0.5, 0.6) is 0 Å². The summed E-state index contributed by atoms with van der Waals surface area (Å²) in [5.74, 6) is 0. The van der Waals surface area contributed by atoms with Crippen molar-refractivity contribution in [3.05, 3.63) is 139 Å². The molecule has 8 rings (SSSR count). The maximum atomic E-state index is 8.70. The molecule has 0 amide bonds. The molecule has 0 bridgehead atoms. The molecule has 8 aromatic rings. The summed E-state index contributed by atoms with van der Waals surface area (Å²) in [6.07, 6.45) is 0. The van der Waals surface area contributed by atoms with E-state index >= 15 is 0 Å². The number of hydrogen-bond donors (Lipinski definition) is 0. The van der Waals surface area contributed by atoms with Gasteiger partial charge >= 0.3 is 0 Å². The molecule has 0 atom stereocenters. The lowest BCUT2D eigenvalue weighted by Gasteiger charge is -2.10. The zero-order valence-corrected chi connectivity index (χ0v) is 20.0. The summed E-state index contributed by atoms with van der Waals surface area (Å²) < 4.78 is 75.3. The fourth-order valence-electron chi connectivity index (χ4n) is 5.24. The first-order chi connectivity index (χ1) is 22.2. The van der Waals surface area contributed by atoms with Gasteiger partial charge in [-0.25, -0.2) is 0 Å². The van der Waals surface area contributed by atoms with Crippen LogP contribution >= 0.6 is 0 Å². The molecule has 2 heterocycles. The molecule has 6 aromatic carbocycles. The van der Waals surface area contributed by atoms with E-state index in [9.17, 15) is 0 Å². The Hall–Kier alpha value is -5.08. The summed E-state index contributed by atoms with van der Waals surface area (Å²) in [5, 5.41) is 2.29. The van der Waals surface area contributed by atoms with E-state index in [1.54, 1.807) is 12.1 Å². The zero-order valence-electron chi connectivity index (χ0n) is 28.0. The third kappa shape index (κ3) is 3.21. The van der Waals surface area contributed by atoms with Gasteiger partial charge < -0.3 is 8.98 Å². The molecular weight excluding hydrogens is 462 g/mol. The Morgan fingerprint density at radius 2 is 1.00 bits per heavy atom. The van der Waals surface area contributed by atoms with Gasteiger partial charge in [0.05, 0.1) is 22.0 Å². The van der Waals surface area contributed by atoms with Gasteiger partial charge in [-0.3, -0.25) is 0 Å². The van der Waals surface area contributed by atoms with Gasteiger partial charge in [0.25, 0.3) is 0 Å². The van der Waals surface area contributed by atoms with E-state index in [4.69, 9.17) is 15.4 Å². The molecule has 0 spiro atoms. The Labute approximate surface area is 231 Å². The van der Waals surface area contributed by atoms with Gasteiger partial charge in [0.2, 0.25) is 0 Å². The third-order valence-corrected chi connectivity index (χ3v) is 7.09. The molecular formula is C36H23NO. The van der Waals surface area contributed by atoms with Crippen LogP contribution < -0.4 is 0 Å². The Balaban J connectivity index is 1.22. The third-order valence-electron chi connectivity index (χ3n) is 7.09. The van der Waals surface area contributed by atoms with Gasteiger partial charge in [-0.15, -0.1) is 0 Å². The lowest BCUT2D eigenvalue weighted by molar-refractivity contribution is 0.669. The predicted molar refractivity (Wildman–Crippen MR) is 159 cm³/mol. The van der Waals surface area contributed by atoms with Crippen molar-refractivity contribution in [1.29, 1.82) is 0 Å². The lowest BCUT2D eigenvalue weighted by atomic mass is 9.99. The topological polar surface area (TPSA) is 18.1 Å². The maximum absolute atomic E-state index is 8.70. The Morgan fingerprint density at radius 3 is 1.68 bits per heavy atom. The number of rotatable bonds is 3. The minimum atomic E-state index is -0.458. The summed E-state index contributed by atoms with van der Waals surface area (Å²) >= 11 is 0. The molecule has 0 aliphatic rings. The van der Waals surface area contributed by atoms with Crippen LogP contribution in [0.3, 0.4) is 0 Å². The molecule has 0 N–H and O–H groups in total. The molecule has 0 saturated heterocycles. The van der Waals surface area contributed by atoms with Crippen LogP contribution in [0.15, 0.2) is 144 Å². The van der Waals surface area contributed by atoms with Crippen molar-refractivity contribution >= 4 is 43.7 Å². The second-order valence-corrected chi connectivity index (χ2v) is 9.22. The molecule has 0 aliphatic heterocycles. The SMILES string of the molecule is [2H]c1c([2H])c([2H])c2c(c1[2H])c1c([2H])c([2H])c([2H])c([2H])c1n2-c1ccc(-c2ccc(-c3ccc4c(c3)oc3ccccc34)cc2)cc1. The smallest absolute Gasteiger partial charge is 0.136 e. The van der Waals surface area contributed by atoms with Gasteiger partial charge in [-0.05, 0) is 64.7 Å². The van der Waals surface area contributed by atoms with E-state index in [-0.39, 0.29) is 46.0 Å². The van der Waals surface area contributed by atoms with Crippen LogP contribution in [0.25, 0.3) is 71.7 Å². The van der Waals surface area contributed by atoms with Crippen LogP contribution in [-0.2, 0) is 0 Å². The average molecular weight is 494 g/mol. The highest BCUT2D eigenvalue weighted by Gasteiger charge is 2.12. The minimum Gasteiger partial charge on any atom is -0.456 e. The molecule has 0 unspecified atom stereocenters. The Morgan fingerprint density at radius 1 is 0.474 bits per heavy atom. The Kier molecular flexibility index (Phi) is 3.16. The first kappa shape index (κ1) is 14.6. The van der Waals surface area contributed by atoms with Crippen molar-refractivity contribution in [2.75, 3.05) is 0 Å². The van der Waals surface area contributed by atoms with E-state index in [0.29, 0.717) is 5.69 Å². The highest BCUT2D eigenvalue weighted by molar-refractivity contribution is 6.09. The number of fused-ring (bicyclic) bond motifs is 6. The molecule has 0 fully saturated rings. The van der Waals surface area contributed by atoms with Gasteiger partial charge in [0.1, 0.15) is 11.2 Å². The molecule has 38 heavy (non-hydrogen) atoms. The predicted octanol–water partition coefficient (Wildman–Crippen LogP) is 10.0. The minimum absolute atomic E-state index is 0.0634. The van der Waals surface area contributed by atoms with E-state index in [2.05, 4.69) is 24.3 Å². The standard InChI is InChI=1S/C36H23NO/c1-4-10-33-29(7-1)30-8-2-5-11-34(30)37(33)28-20-17-25(18-21-28)24-13-15-26(16-14-24)27-19-22-32-31-9-3-6-12-35(31)38-36(32)23-27/h1-23H/i1D,2D,4D,5D,7D,8D,10D,11D. The van der Waals surface area contributed by atoms with E-state index in [1.165, 1.54) is 4.57 Å². The van der Waals surface area contributed by atoms with E-state index in [1.807, 2.05) is 54.6 Å². The molecule has 0 aliphatic carbocycles. The molecule has 0 saturated carbocycles. The number of benzene rings is 6. The highest BCUT2D eigenvalue weighted by atomic mass is 16.3. The second-order valence-electron chi connectivity index (χ2n) is 9.22. The van der Waals surface area contributed by atoms with Crippen LogP contribution in [0.1, 0.15) is 11.0 Å². The zero-order chi connectivity index (χ0) is 32.0. The normalized spacial score (nSPS) is 14.6. The summed E-state index contributed by atoms with van der Waals surface area (Å²) in [6.45, 7) is 0. The molecule has 0 radical (unpaired) electrons. The second kappa shape index (κ2) is 8.22. The average Bonchev–Trinajstić information content (AvgIpc) is 3.64. The van der Waals surface area contributed by atoms with Crippen LogP contribution in [-0.4, -0.2) is 4.57 Å². The van der Waals surface area contributed by atoms with Crippen molar-refractivity contribution in [1.82, 2.24) is 4.57 Å². The fourth-order valence-corrected chi connectivity index (χ4v) is 5.24. The van der Waals surface area contributed by atoms with Crippen molar-refractivity contribution in [3.8, 4) is 27.9 Å². The quantitative estimate of drug-likeness (QED) is 0.239. The largest absolute Gasteiger partial charge is 0.456 e. The molecule has 178 valence electrons. The van der Waals surface area contributed by atoms with Crippen LogP contribution in [0.2, 0.25) is 0 Å². The number of aromatic nitrogens is 1. The van der Waals surface area contributed by atoms with E-state index in [0.717, 1.165) is 44.2 Å². The molecule has 2 heteroatoms. The van der Waals surface area contributed by atoms with Crippen molar-refractivity contribution in [2.24, 2.45) is 0 Å². The summed E-state index contributed by atoms with van der Waals surface area (Å²) in [7, 11) is 0.